The fraction of sp³-hybridized carbons (Fsp3) is 0.364. The number of methoxy groups -OCH3 is 1. The molecule has 0 aliphatic heterocycles. The molecule has 3 nitrogen and oxygen atoms in total. The topological polar surface area (TPSA) is 38.3 Å². The molecule has 0 unspecified atom stereocenters. The van der Waals surface area contributed by atoms with Crippen molar-refractivity contribution >= 4 is 27.5 Å². The number of nitrogens with one attached hydrogen (secondary N) is 1. The first-order valence-corrected chi connectivity index (χ1v) is 5.37. The number of carbonyl (C=O) groups is 1. The molecule has 0 fully saturated rings. The highest BCUT2D eigenvalue weighted by Crippen LogP contribution is 2.16. The van der Waals surface area contributed by atoms with Gasteiger partial charge in [0, 0.05) is 17.3 Å². The number of anilines is 1. The van der Waals surface area contributed by atoms with Crippen molar-refractivity contribution in [1.29, 1.82) is 0 Å². The van der Waals surface area contributed by atoms with Crippen LogP contribution in [0.25, 0.3) is 0 Å². The van der Waals surface area contributed by atoms with Gasteiger partial charge < -0.3 is 10.1 Å². The van der Waals surface area contributed by atoms with E-state index in [1.165, 1.54) is 7.11 Å². The van der Waals surface area contributed by atoms with E-state index in [1.54, 1.807) is 13.8 Å². The first kappa shape index (κ1) is 12.2. The normalized spacial score (nSPS) is 11.2. The van der Waals surface area contributed by atoms with Gasteiger partial charge in [-0.3, -0.25) is 4.79 Å². The molecule has 0 aromatic heterocycles. The lowest BCUT2D eigenvalue weighted by Crippen LogP contribution is -2.38. The van der Waals surface area contributed by atoms with Gasteiger partial charge in [-0.05, 0) is 38.1 Å². The van der Waals surface area contributed by atoms with Crippen LogP contribution in [0, 0.1) is 0 Å². The summed E-state index contributed by atoms with van der Waals surface area (Å²) in [5.74, 6) is -0.160. The predicted molar refractivity (Wildman–Crippen MR) is 63.9 cm³/mol. The van der Waals surface area contributed by atoms with Gasteiger partial charge in [-0.15, -0.1) is 0 Å². The number of rotatable bonds is 3. The molecule has 1 rings (SSSR count). The lowest BCUT2D eigenvalue weighted by atomic mass is 10.1. The second-order valence-electron chi connectivity index (χ2n) is 3.68. The van der Waals surface area contributed by atoms with Crippen molar-refractivity contribution < 1.29 is 9.53 Å². The summed E-state index contributed by atoms with van der Waals surface area (Å²) < 4.78 is 6.05. The summed E-state index contributed by atoms with van der Waals surface area (Å²) in [4.78, 5) is 11.7. The van der Waals surface area contributed by atoms with Gasteiger partial charge in [0.15, 0.2) is 0 Å². The van der Waals surface area contributed by atoms with Crippen molar-refractivity contribution in [3.05, 3.63) is 28.7 Å². The van der Waals surface area contributed by atoms with Crippen molar-refractivity contribution in [1.82, 2.24) is 0 Å². The fourth-order valence-electron chi connectivity index (χ4n) is 0.908. The lowest BCUT2D eigenvalue weighted by molar-refractivity contribution is -0.133. The molecular weight excluding hydrogens is 258 g/mol. The van der Waals surface area contributed by atoms with Gasteiger partial charge >= 0.3 is 0 Å². The molecule has 0 radical (unpaired) electrons. The Morgan fingerprint density at radius 3 is 2.33 bits per heavy atom. The van der Waals surface area contributed by atoms with Gasteiger partial charge in [-0.25, -0.2) is 0 Å². The molecule has 0 saturated heterocycles. The molecule has 0 aliphatic carbocycles. The Morgan fingerprint density at radius 2 is 1.87 bits per heavy atom. The highest BCUT2D eigenvalue weighted by molar-refractivity contribution is 9.10. The molecule has 1 N–H and O–H groups in total. The van der Waals surface area contributed by atoms with Gasteiger partial charge in [0.1, 0.15) is 5.60 Å². The van der Waals surface area contributed by atoms with E-state index in [1.807, 2.05) is 24.3 Å². The van der Waals surface area contributed by atoms with Crippen molar-refractivity contribution in [3.63, 3.8) is 0 Å². The van der Waals surface area contributed by atoms with Crippen LogP contribution in [0.5, 0.6) is 0 Å². The number of carbonyl (C=O) groups excluding carboxylic acids is 1. The average molecular weight is 272 g/mol. The predicted octanol–water partition coefficient (Wildman–Crippen LogP) is 2.81. The zero-order valence-electron chi connectivity index (χ0n) is 9.00. The van der Waals surface area contributed by atoms with Crippen LogP contribution < -0.4 is 5.32 Å². The molecule has 1 amide bonds. The summed E-state index contributed by atoms with van der Waals surface area (Å²) >= 11 is 3.33. The number of benzene rings is 1. The van der Waals surface area contributed by atoms with Gasteiger partial charge in [0.05, 0.1) is 0 Å². The number of amides is 1. The van der Waals surface area contributed by atoms with E-state index in [4.69, 9.17) is 4.74 Å². The van der Waals surface area contributed by atoms with E-state index in [9.17, 15) is 4.79 Å². The summed E-state index contributed by atoms with van der Waals surface area (Å²) in [6, 6.07) is 7.40. The van der Waals surface area contributed by atoms with Crippen LogP contribution in [-0.4, -0.2) is 18.6 Å². The maximum atomic E-state index is 11.7. The molecule has 1 aromatic rings. The number of hydrogen-bond donors (Lipinski definition) is 1. The molecule has 0 saturated carbocycles. The van der Waals surface area contributed by atoms with Crippen molar-refractivity contribution in [2.24, 2.45) is 0 Å². The minimum absolute atomic E-state index is 0.160. The van der Waals surface area contributed by atoms with Gasteiger partial charge in [-0.2, -0.15) is 0 Å². The van der Waals surface area contributed by atoms with Crippen LogP contribution in [0.3, 0.4) is 0 Å². The maximum Gasteiger partial charge on any atom is 0.256 e. The fourth-order valence-corrected chi connectivity index (χ4v) is 1.17. The minimum Gasteiger partial charge on any atom is -0.369 e. The molecule has 0 aliphatic rings. The summed E-state index contributed by atoms with van der Waals surface area (Å²) in [6.45, 7) is 3.45. The smallest absolute Gasteiger partial charge is 0.256 e. The Kier molecular flexibility index (Phi) is 3.88. The van der Waals surface area contributed by atoms with E-state index < -0.39 is 5.60 Å². The van der Waals surface area contributed by atoms with Crippen LogP contribution in [0.2, 0.25) is 0 Å². The lowest BCUT2D eigenvalue weighted by Gasteiger charge is -2.21. The summed E-state index contributed by atoms with van der Waals surface area (Å²) in [5, 5.41) is 2.78. The third-order valence-corrected chi connectivity index (χ3v) is 2.69. The minimum atomic E-state index is -0.812. The summed E-state index contributed by atoms with van der Waals surface area (Å²) in [7, 11) is 1.52. The number of halogens is 1. The second kappa shape index (κ2) is 4.77. The van der Waals surface area contributed by atoms with Crippen molar-refractivity contribution in [2.45, 2.75) is 19.4 Å². The van der Waals surface area contributed by atoms with Crippen molar-refractivity contribution in [2.75, 3.05) is 12.4 Å². The second-order valence-corrected chi connectivity index (χ2v) is 4.59. The first-order valence-electron chi connectivity index (χ1n) is 4.58. The van der Waals surface area contributed by atoms with E-state index in [0.29, 0.717) is 0 Å². The quantitative estimate of drug-likeness (QED) is 0.918. The standard InChI is InChI=1S/C11H14BrNO2/c1-11(2,15-3)10(14)13-9-6-4-8(12)5-7-9/h4-7H,1-3H3,(H,13,14). The Balaban J connectivity index is 2.71. The SMILES string of the molecule is COC(C)(C)C(=O)Nc1ccc(Br)cc1. The van der Waals surface area contributed by atoms with Gasteiger partial charge in [-0.1, -0.05) is 15.9 Å². The zero-order valence-corrected chi connectivity index (χ0v) is 10.6. The Bertz CT molecular complexity index is 346. The number of ether oxygens (including phenoxy) is 1. The van der Waals surface area contributed by atoms with E-state index in [-0.39, 0.29) is 5.91 Å². The highest BCUT2D eigenvalue weighted by Gasteiger charge is 2.26. The molecule has 0 spiro atoms. The molecule has 82 valence electrons. The van der Waals surface area contributed by atoms with Crippen LogP contribution in [0.4, 0.5) is 5.69 Å². The van der Waals surface area contributed by atoms with Crippen molar-refractivity contribution in [3.8, 4) is 0 Å². The Hall–Kier alpha value is -0.870. The highest BCUT2D eigenvalue weighted by atomic mass is 79.9. The van der Waals surface area contributed by atoms with E-state index >= 15 is 0 Å². The summed E-state index contributed by atoms with van der Waals surface area (Å²) in [6.07, 6.45) is 0. The van der Waals surface area contributed by atoms with E-state index in [0.717, 1.165) is 10.2 Å². The van der Waals surface area contributed by atoms with Crippen LogP contribution in [0.1, 0.15) is 13.8 Å². The molecule has 4 heteroatoms. The molecule has 0 bridgehead atoms. The Labute approximate surface area is 97.9 Å². The monoisotopic (exact) mass is 271 g/mol. The molecule has 0 heterocycles. The number of hydrogen-bond acceptors (Lipinski definition) is 2. The van der Waals surface area contributed by atoms with E-state index in [2.05, 4.69) is 21.2 Å². The van der Waals surface area contributed by atoms with Crippen LogP contribution in [-0.2, 0) is 9.53 Å². The molecular formula is C11H14BrNO2. The zero-order chi connectivity index (χ0) is 11.5. The third kappa shape index (κ3) is 3.32. The Morgan fingerprint density at radius 1 is 1.33 bits per heavy atom. The molecule has 15 heavy (non-hydrogen) atoms. The largest absolute Gasteiger partial charge is 0.369 e. The third-order valence-electron chi connectivity index (χ3n) is 2.16. The van der Waals surface area contributed by atoms with Crippen LogP contribution >= 0.6 is 15.9 Å². The van der Waals surface area contributed by atoms with Gasteiger partial charge in [0.25, 0.3) is 5.91 Å². The maximum absolute atomic E-state index is 11.7. The average Bonchev–Trinajstić information content (AvgIpc) is 2.21. The summed E-state index contributed by atoms with van der Waals surface area (Å²) in [5.41, 5.74) is -0.0547. The molecule has 1 aromatic carbocycles. The molecule has 0 atom stereocenters. The van der Waals surface area contributed by atoms with Gasteiger partial charge in [0.2, 0.25) is 0 Å². The van der Waals surface area contributed by atoms with Crippen LogP contribution in [0.15, 0.2) is 28.7 Å². The first-order chi connectivity index (χ1) is 6.95.